The second-order valence-corrected chi connectivity index (χ2v) is 8.96. The Kier molecular flexibility index (Phi) is 4.22. The minimum Gasteiger partial charge on any atom is -0.485 e. The van der Waals surface area contributed by atoms with E-state index in [4.69, 9.17) is 9.47 Å². The number of amides is 2. The van der Waals surface area contributed by atoms with Crippen LogP contribution >= 0.6 is 0 Å². The zero-order chi connectivity index (χ0) is 22.0. The van der Waals surface area contributed by atoms with Gasteiger partial charge in [0, 0.05) is 17.8 Å². The van der Waals surface area contributed by atoms with Gasteiger partial charge in [-0.3, -0.25) is 19.3 Å². The summed E-state index contributed by atoms with van der Waals surface area (Å²) in [6.45, 7) is -0.142. The topological polar surface area (TPSA) is 85.8 Å². The number of ketones is 1. The van der Waals surface area contributed by atoms with Crippen molar-refractivity contribution in [1.82, 2.24) is 4.98 Å². The molecule has 0 N–H and O–H groups in total. The van der Waals surface area contributed by atoms with E-state index in [0.717, 1.165) is 6.42 Å². The molecule has 0 spiro atoms. The van der Waals surface area contributed by atoms with Crippen molar-refractivity contribution >= 4 is 23.3 Å². The van der Waals surface area contributed by atoms with Crippen LogP contribution < -0.4 is 14.4 Å². The van der Waals surface area contributed by atoms with Crippen LogP contribution in [-0.2, 0) is 9.59 Å². The first kappa shape index (κ1) is 19.2. The number of aromatic nitrogens is 1. The summed E-state index contributed by atoms with van der Waals surface area (Å²) in [5, 5.41) is 0. The lowest BCUT2D eigenvalue weighted by atomic mass is 9.63. The smallest absolute Gasteiger partial charge is 0.238 e. The third-order valence-electron chi connectivity index (χ3n) is 7.40. The minimum atomic E-state index is -0.215. The summed E-state index contributed by atoms with van der Waals surface area (Å²) in [7, 11) is 1.51. The van der Waals surface area contributed by atoms with Crippen LogP contribution in [0.15, 0.2) is 54.7 Å². The van der Waals surface area contributed by atoms with Gasteiger partial charge >= 0.3 is 0 Å². The average Bonchev–Trinajstić information content (AvgIpc) is 3.61. The molecule has 162 valence electrons. The van der Waals surface area contributed by atoms with Gasteiger partial charge in [-0.15, -0.1) is 0 Å². The molecule has 2 saturated carbocycles. The molecule has 7 heteroatoms. The third kappa shape index (κ3) is 2.80. The van der Waals surface area contributed by atoms with Crippen LogP contribution in [0.3, 0.4) is 0 Å². The van der Waals surface area contributed by atoms with E-state index >= 15 is 0 Å². The molecule has 1 saturated heterocycles. The number of hydrogen-bond donors (Lipinski definition) is 0. The first-order chi connectivity index (χ1) is 15.6. The maximum atomic E-state index is 13.2. The molecule has 4 unspecified atom stereocenters. The number of anilines is 1. The number of Topliss-reactive ketones (excluding diaryl/α,β-unsaturated/α-hetero) is 1. The molecule has 0 radical (unpaired) electrons. The van der Waals surface area contributed by atoms with E-state index in [2.05, 4.69) is 17.1 Å². The lowest BCUT2D eigenvalue weighted by molar-refractivity contribution is -0.124. The van der Waals surface area contributed by atoms with E-state index in [-0.39, 0.29) is 47.9 Å². The predicted octanol–water partition coefficient (Wildman–Crippen LogP) is 2.91. The van der Waals surface area contributed by atoms with Gasteiger partial charge in [0.05, 0.1) is 24.6 Å². The van der Waals surface area contributed by atoms with Crippen molar-refractivity contribution < 1.29 is 23.9 Å². The van der Waals surface area contributed by atoms with Crippen molar-refractivity contribution in [2.45, 2.75) is 6.42 Å². The van der Waals surface area contributed by atoms with E-state index < -0.39 is 0 Å². The van der Waals surface area contributed by atoms with Crippen molar-refractivity contribution in [3.63, 3.8) is 0 Å². The van der Waals surface area contributed by atoms with Gasteiger partial charge in [-0.1, -0.05) is 12.2 Å². The molecule has 2 amide bonds. The first-order valence-corrected chi connectivity index (χ1v) is 10.9. The molecule has 7 rings (SSSR count). The van der Waals surface area contributed by atoms with E-state index in [1.54, 1.807) is 36.4 Å². The molecule has 1 aromatic carbocycles. The Morgan fingerprint density at radius 1 is 1.00 bits per heavy atom. The number of carbonyl (C=O) groups is 3. The van der Waals surface area contributed by atoms with Gasteiger partial charge in [-0.05, 0) is 60.4 Å². The second kappa shape index (κ2) is 7.02. The van der Waals surface area contributed by atoms with Crippen LogP contribution in [-0.4, -0.2) is 36.3 Å². The third-order valence-corrected chi connectivity index (χ3v) is 7.40. The van der Waals surface area contributed by atoms with Gasteiger partial charge in [0.15, 0.2) is 6.61 Å². The summed E-state index contributed by atoms with van der Waals surface area (Å²) in [5.41, 5.74) is 0.986. The number of methoxy groups -OCH3 is 1. The van der Waals surface area contributed by atoms with Crippen LogP contribution in [0.2, 0.25) is 0 Å². The molecule has 6 atom stereocenters. The van der Waals surface area contributed by atoms with Crippen LogP contribution in [0.4, 0.5) is 5.69 Å². The Morgan fingerprint density at radius 3 is 2.22 bits per heavy atom. The summed E-state index contributed by atoms with van der Waals surface area (Å²) in [6.07, 6.45) is 6.93. The van der Waals surface area contributed by atoms with Crippen molar-refractivity contribution in [3.8, 4) is 11.6 Å². The van der Waals surface area contributed by atoms with Crippen LogP contribution in [0.1, 0.15) is 16.8 Å². The maximum Gasteiger partial charge on any atom is 0.238 e. The van der Waals surface area contributed by atoms with E-state index in [1.807, 2.05) is 0 Å². The van der Waals surface area contributed by atoms with E-state index in [1.165, 1.54) is 18.2 Å². The number of imide groups is 1. The fraction of sp³-hybridized carbons (Fsp3) is 0.360. The zero-order valence-electron chi connectivity index (χ0n) is 17.5. The summed E-state index contributed by atoms with van der Waals surface area (Å²) in [5.74, 6) is 1.69. The van der Waals surface area contributed by atoms with Gasteiger partial charge in [-0.2, -0.15) is 0 Å². The van der Waals surface area contributed by atoms with E-state index in [9.17, 15) is 14.4 Å². The molecule has 2 bridgehead atoms. The zero-order valence-corrected chi connectivity index (χ0v) is 17.5. The Hall–Kier alpha value is -3.48. The molecule has 32 heavy (non-hydrogen) atoms. The molecule has 2 heterocycles. The Bertz CT molecular complexity index is 1100. The summed E-state index contributed by atoms with van der Waals surface area (Å²) in [6, 6.07) is 10.0. The number of ether oxygens (including phenoxy) is 2. The van der Waals surface area contributed by atoms with E-state index in [0.29, 0.717) is 34.7 Å². The minimum absolute atomic E-state index is 0.0828. The average molecular weight is 430 g/mol. The molecule has 7 nitrogen and oxygen atoms in total. The number of benzene rings is 1. The van der Waals surface area contributed by atoms with Crippen LogP contribution in [0.25, 0.3) is 0 Å². The van der Waals surface area contributed by atoms with Crippen LogP contribution in [0, 0.1) is 35.5 Å². The Labute approximate surface area is 185 Å². The molecular weight excluding hydrogens is 408 g/mol. The highest BCUT2D eigenvalue weighted by Gasteiger charge is 2.67. The Morgan fingerprint density at radius 2 is 1.66 bits per heavy atom. The molecule has 5 aliphatic rings. The van der Waals surface area contributed by atoms with Crippen molar-refractivity contribution in [1.29, 1.82) is 0 Å². The first-order valence-electron chi connectivity index (χ1n) is 10.9. The lowest BCUT2D eigenvalue weighted by Crippen LogP contribution is -2.40. The second-order valence-electron chi connectivity index (χ2n) is 8.96. The molecule has 4 aliphatic carbocycles. The normalized spacial score (nSPS) is 31.3. The van der Waals surface area contributed by atoms with Crippen LogP contribution in [0.5, 0.6) is 11.6 Å². The van der Waals surface area contributed by atoms with Gasteiger partial charge in [0.1, 0.15) is 5.75 Å². The number of rotatable bonds is 6. The highest BCUT2D eigenvalue weighted by molar-refractivity contribution is 6.22. The highest BCUT2D eigenvalue weighted by Crippen LogP contribution is 2.65. The Balaban J connectivity index is 1.14. The fourth-order valence-electron chi connectivity index (χ4n) is 5.80. The van der Waals surface area contributed by atoms with Gasteiger partial charge in [0.2, 0.25) is 23.5 Å². The number of pyridine rings is 1. The molecule has 1 aliphatic heterocycles. The largest absolute Gasteiger partial charge is 0.485 e. The van der Waals surface area contributed by atoms with Gasteiger partial charge < -0.3 is 9.47 Å². The number of carbonyl (C=O) groups excluding carboxylic acids is 3. The monoisotopic (exact) mass is 430 g/mol. The molecule has 3 fully saturated rings. The van der Waals surface area contributed by atoms with Crippen molar-refractivity contribution in [3.05, 3.63) is 60.3 Å². The molecular formula is C25H22N2O5. The number of hydrogen-bond acceptors (Lipinski definition) is 6. The quantitative estimate of drug-likeness (QED) is 0.398. The SMILES string of the molecule is COc1ccc(C(=O)COc2ccc(N3C(=O)C4C(C3=O)C3C=CC4[C@H]4C[C@@H]34)cc2)cn1. The van der Waals surface area contributed by atoms with Gasteiger partial charge in [-0.25, -0.2) is 4.98 Å². The molecule has 2 aromatic rings. The highest BCUT2D eigenvalue weighted by atomic mass is 16.5. The summed E-state index contributed by atoms with van der Waals surface area (Å²) < 4.78 is 10.6. The number of nitrogens with zero attached hydrogens (tertiary/aromatic N) is 2. The van der Waals surface area contributed by atoms with Gasteiger partial charge in [0.25, 0.3) is 0 Å². The summed E-state index contributed by atoms with van der Waals surface area (Å²) >= 11 is 0. The van der Waals surface area contributed by atoms with Crippen molar-refractivity contribution in [2.75, 3.05) is 18.6 Å². The molecule has 1 aromatic heterocycles. The fourth-order valence-corrected chi connectivity index (χ4v) is 5.80. The van der Waals surface area contributed by atoms with Crippen molar-refractivity contribution in [2.24, 2.45) is 35.5 Å². The predicted molar refractivity (Wildman–Crippen MR) is 114 cm³/mol. The standard InChI is InChI=1S/C25H22N2O5/c1-31-21-9-2-13(11-26-21)20(28)12-32-15-5-3-14(4-6-15)27-24(29)22-16-7-8-17(19-10-18(16)19)23(22)25(27)30/h2-9,11,16-19,22-23H,10,12H2,1H3/t16?,17?,18-,19+,22?,23?. The lowest BCUT2D eigenvalue weighted by Gasteiger charge is -2.37. The summed E-state index contributed by atoms with van der Waals surface area (Å²) in [4.78, 5) is 44.1. The number of allylic oxidation sites excluding steroid dienone is 2. The maximum absolute atomic E-state index is 13.2.